The van der Waals surface area contributed by atoms with Gasteiger partial charge in [0.15, 0.2) is 5.78 Å². The van der Waals surface area contributed by atoms with Gasteiger partial charge in [0.1, 0.15) is 5.41 Å². The number of likely N-dealkylation sites (tertiary alicyclic amines) is 1. The van der Waals surface area contributed by atoms with Gasteiger partial charge in [-0.25, -0.2) is 0 Å². The second-order valence-electron chi connectivity index (χ2n) is 6.97. The van der Waals surface area contributed by atoms with Gasteiger partial charge in [0.05, 0.1) is 6.10 Å². The zero-order valence-electron chi connectivity index (χ0n) is 13.2. The zero-order valence-corrected chi connectivity index (χ0v) is 13.2. The van der Waals surface area contributed by atoms with Gasteiger partial charge in [-0.3, -0.25) is 14.4 Å². The van der Waals surface area contributed by atoms with E-state index < -0.39 is 23.4 Å². The highest BCUT2D eigenvalue weighted by molar-refractivity contribution is 6.01. The maximum absolute atomic E-state index is 12.9. The Bertz CT molecular complexity index is 730. The van der Waals surface area contributed by atoms with Crippen LogP contribution in [0.3, 0.4) is 0 Å². The lowest BCUT2D eigenvalue weighted by Gasteiger charge is -2.28. The molecular weight excluding hydrogens is 310 g/mol. The Balaban J connectivity index is 1.54. The Morgan fingerprint density at radius 1 is 1.25 bits per heavy atom. The minimum absolute atomic E-state index is 0.0150. The Morgan fingerprint density at radius 2 is 2.04 bits per heavy atom. The number of carbonyl (C=O) groups excluding carboxylic acids is 2. The Morgan fingerprint density at radius 3 is 2.79 bits per heavy atom. The van der Waals surface area contributed by atoms with Crippen LogP contribution in [-0.2, 0) is 20.7 Å². The number of nitrogens with zero attached hydrogens (tertiary/aromatic N) is 1. The normalized spacial score (nSPS) is 31.7. The van der Waals surface area contributed by atoms with Crippen molar-refractivity contribution in [3.8, 4) is 0 Å². The Kier molecular flexibility index (Phi) is 3.46. The second-order valence-corrected chi connectivity index (χ2v) is 6.97. The van der Waals surface area contributed by atoms with Gasteiger partial charge in [-0.05, 0) is 18.4 Å². The van der Waals surface area contributed by atoms with Crippen LogP contribution in [0.25, 0.3) is 0 Å². The van der Waals surface area contributed by atoms with Crippen LogP contribution in [-0.4, -0.2) is 53.5 Å². The van der Waals surface area contributed by atoms with Crippen molar-refractivity contribution in [3.63, 3.8) is 0 Å². The molecule has 6 heteroatoms. The second kappa shape index (κ2) is 5.41. The molecule has 126 valence electrons. The van der Waals surface area contributed by atoms with Crippen molar-refractivity contribution < 1.29 is 24.2 Å². The van der Waals surface area contributed by atoms with Gasteiger partial charge in [0.25, 0.3) is 0 Å². The zero-order chi connectivity index (χ0) is 16.9. The molecule has 0 radical (unpaired) electrons. The van der Waals surface area contributed by atoms with Gasteiger partial charge in [0.2, 0.25) is 5.91 Å². The van der Waals surface area contributed by atoms with Gasteiger partial charge in [-0.2, -0.15) is 0 Å². The fourth-order valence-electron chi connectivity index (χ4n) is 4.27. The van der Waals surface area contributed by atoms with Gasteiger partial charge in [-0.1, -0.05) is 24.3 Å². The first-order chi connectivity index (χ1) is 11.5. The molecule has 3 atom stereocenters. The largest absolute Gasteiger partial charge is 0.481 e. The summed E-state index contributed by atoms with van der Waals surface area (Å²) < 4.78 is 5.55. The minimum atomic E-state index is -0.980. The molecule has 2 saturated heterocycles. The number of carbonyl (C=O) groups is 3. The number of carboxylic acid groups (broad SMARTS) is 1. The van der Waals surface area contributed by atoms with Crippen molar-refractivity contribution >= 4 is 17.7 Å². The van der Waals surface area contributed by atoms with Gasteiger partial charge >= 0.3 is 5.97 Å². The molecule has 2 heterocycles. The van der Waals surface area contributed by atoms with Crippen molar-refractivity contribution in [1.82, 2.24) is 4.90 Å². The van der Waals surface area contributed by atoms with Gasteiger partial charge in [-0.15, -0.1) is 0 Å². The molecule has 1 unspecified atom stereocenters. The number of Topliss-reactive ketones (excluding diaryl/α,β-unsaturated/α-hetero) is 1. The van der Waals surface area contributed by atoms with Crippen molar-refractivity contribution in [2.75, 3.05) is 19.7 Å². The average molecular weight is 329 g/mol. The molecule has 2 fully saturated rings. The van der Waals surface area contributed by atoms with Crippen molar-refractivity contribution in [1.29, 1.82) is 0 Å². The molecule has 0 spiro atoms. The van der Waals surface area contributed by atoms with Crippen LogP contribution in [0.5, 0.6) is 0 Å². The van der Waals surface area contributed by atoms with Crippen LogP contribution in [0.4, 0.5) is 0 Å². The highest BCUT2D eigenvalue weighted by Gasteiger charge is 2.57. The molecule has 1 N–H and O–H groups in total. The van der Waals surface area contributed by atoms with Crippen LogP contribution < -0.4 is 0 Å². The molecule has 1 aromatic carbocycles. The molecule has 3 aliphatic rings. The lowest BCUT2D eigenvalue weighted by Crippen LogP contribution is -2.41. The first-order valence-electron chi connectivity index (χ1n) is 8.26. The summed E-state index contributed by atoms with van der Waals surface area (Å²) in [5.74, 6) is -1.45. The van der Waals surface area contributed by atoms with E-state index in [2.05, 4.69) is 0 Å². The molecule has 1 aliphatic carbocycles. The molecule has 24 heavy (non-hydrogen) atoms. The van der Waals surface area contributed by atoms with E-state index in [1.165, 1.54) is 0 Å². The summed E-state index contributed by atoms with van der Waals surface area (Å²) >= 11 is 0. The predicted octanol–water partition coefficient (Wildman–Crippen LogP) is 1.13. The van der Waals surface area contributed by atoms with Crippen molar-refractivity contribution in [2.45, 2.75) is 25.4 Å². The first-order valence-corrected chi connectivity index (χ1v) is 8.26. The number of carboxylic acids is 1. The molecular formula is C18H19NO5. The summed E-state index contributed by atoms with van der Waals surface area (Å²) in [6.07, 6.45) is 0.717. The quantitative estimate of drug-likeness (QED) is 0.879. The number of fused-ring (bicyclic) bond motifs is 2. The molecule has 0 aromatic heterocycles. The lowest BCUT2D eigenvalue weighted by atomic mass is 9.82. The first kappa shape index (κ1) is 15.3. The van der Waals surface area contributed by atoms with Crippen LogP contribution in [0.1, 0.15) is 28.8 Å². The highest BCUT2D eigenvalue weighted by atomic mass is 16.5. The third-order valence-corrected chi connectivity index (χ3v) is 5.65. The topological polar surface area (TPSA) is 83.9 Å². The fraction of sp³-hybridized carbons (Fsp3) is 0.500. The smallest absolute Gasteiger partial charge is 0.314 e. The van der Waals surface area contributed by atoms with E-state index in [9.17, 15) is 19.5 Å². The van der Waals surface area contributed by atoms with E-state index in [-0.39, 0.29) is 24.7 Å². The highest BCUT2D eigenvalue weighted by Crippen LogP contribution is 2.42. The van der Waals surface area contributed by atoms with Crippen LogP contribution >= 0.6 is 0 Å². The summed E-state index contributed by atoms with van der Waals surface area (Å²) in [5, 5.41) is 9.58. The standard InChI is InChI=1S/C18H19NO5/c20-14-8-12(7-11-3-1-2-4-13(11)14)16(21)19-9-15-18(10-19,17(22)23)5-6-24-15/h1-4,12,15H,5-10H2,(H,22,23)/t12?,15-,18-/m0/s1. The molecule has 6 nitrogen and oxygen atoms in total. The average Bonchev–Trinajstić information content (AvgIpc) is 3.12. The van der Waals surface area contributed by atoms with Crippen molar-refractivity contribution in [2.24, 2.45) is 11.3 Å². The number of hydrogen-bond acceptors (Lipinski definition) is 4. The van der Waals surface area contributed by atoms with E-state index in [1.54, 1.807) is 11.0 Å². The van der Waals surface area contributed by atoms with Crippen LogP contribution in [0, 0.1) is 11.3 Å². The number of ether oxygens (including phenoxy) is 1. The monoisotopic (exact) mass is 329 g/mol. The number of aliphatic carboxylic acids is 1. The maximum Gasteiger partial charge on any atom is 0.314 e. The third-order valence-electron chi connectivity index (χ3n) is 5.65. The third kappa shape index (κ3) is 2.17. The van der Waals surface area contributed by atoms with Crippen LogP contribution in [0.15, 0.2) is 24.3 Å². The van der Waals surface area contributed by atoms with E-state index in [0.29, 0.717) is 31.6 Å². The minimum Gasteiger partial charge on any atom is -0.481 e. The summed E-state index contributed by atoms with van der Waals surface area (Å²) in [5.41, 5.74) is 0.618. The number of benzene rings is 1. The summed E-state index contributed by atoms with van der Waals surface area (Å²) in [7, 11) is 0. The predicted molar refractivity (Wildman–Crippen MR) is 83.6 cm³/mol. The molecule has 1 aromatic rings. The van der Waals surface area contributed by atoms with Gasteiger partial charge in [0, 0.05) is 37.6 Å². The van der Waals surface area contributed by atoms with E-state index in [4.69, 9.17) is 4.74 Å². The molecule has 2 aliphatic heterocycles. The van der Waals surface area contributed by atoms with Gasteiger partial charge < -0.3 is 14.7 Å². The van der Waals surface area contributed by atoms with E-state index >= 15 is 0 Å². The van der Waals surface area contributed by atoms with E-state index in [1.807, 2.05) is 18.2 Å². The lowest BCUT2D eigenvalue weighted by molar-refractivity contribution is -0.150. The SMILES string of the molecule is O=C1CC(C(=O)N2C[C@@H]3OCC[C@]3(C(=O)O)C2)Cc2ccccc21. The Hall–Kier alpha value is -2.21. The van der Waals surface area contributed by atoms with Crippen molar-refractivity contribution in [3.05, 3.63) is 35.4 Å². The summed E-state index contributed by atoms with van der Waals surface area (Å²) in [4.78, 5) is 38.5. The number of hydrogen-bond donors (Lipinski definition) is 1. The number of rotatable bonds is 2. The Labute approximate surface area is 139 Å². The summed E-state index contributed by atoms with van der Waals surface area (Å²) in [6.45, 7) is 0.907. The summed E-state index contributed by atoms with van der Waals surface area (Å²) in [6, 6.07) is 7.38. The maximum atomic E-state index is 12.9. The van der Waals surface area contributed by atoms with E-state index in [0.717, 1.165) is 5.56 Å². The molecule has 0 bridgehead atoms. The fourth-order valence-corrected chi connectivity index (χ4v) is 4.27. The molecule has 1 amide bonds. The molecule has 0 saturated carbocycles. The number of ketones is 1. The number of amides is 1. The molecule has 4 rings (SSSR count). The van der Waals surface area contributed by atoms with Crippen LogP contribution in [0.2, 0.25) is 0 Å².